The topological polar surface area (TPSA) is 46.1 Å². The van der Waals surface area contributed by atoms with E-state index in [-0.39, 0.29) is 24.0 Å². The lowest BCUT2D eigenvalue weighted by atomic mass is 10.1. The van der Waals surface area contributed by atoms with Crippen LogP contribution in [0.5, 0.6) is 5.75 Å². The average molecular weight is 501 g/mol. The first kappa shape index (κ1) is 23.3. The van der Waals surface area contributed by atoms with E-state index in [1.807, 2.05) is 0 Å². The fourth-order valence-electron chi connectivity index (χ4n) is 3.90. The summed E-state index contributed by atoms with van der Waals surface area (Å²) in [6.45, 7) is 6.56. The molecular formula is C22H36IN3O2. The van der Waals surface area contributed by atoms with Crippen LogP contribution in [0.25, 0.3) is 0 Å². The Hall–Kier alpha value is -1.02. The Labute approximate surface area is 187 Å². The van der Waals surface area contributed by atoms with Crippen LogP contribution in [0.15, 0.2) is 29.3 Å². The highest BCUT2D eigenvalue weighted by atomic mass is 127. The first-order valence-corrected chi connectivity index (χ1v) is 10.6. The number of guanidine groups is 1. The molecule has 6 heteroatoms. The molecule has 1 N–H and O–H groups in total. The molecule has 1 aromatic rings. The van der Waals surface area contributed by atoms with E-state index in [1.165, 1.54) is 31.2 Å². The standard InChI is InChI=1S/C22H35N3O2.HI/c1-3-23-22(25(2)16-19-13-15-26-17-19)24-14-12-18-8-10-21(11-9-18)27-20-6-4-5-7-20;/h8-11,19-20H,3-7,12-17H2,1-2H3,(H,23,24);1H. The lowest BCUT2D eigenvalue weighted by Gasteiger charge is -2.24. The maximum absolute atomic E-state index is 6.05. The first-order chi connectivity index (χ1) is 13.2. The van der Waals surface area contributed by atoms with Crippen LogP contribution >= 0.6 is 24.0 Å². The van der Waals surface area contributed by atoms with Gasteiger partial charge in [0.1, 0.15) is 5.75 Å². The summed E-state index contributed by atoms with van der Waals surface area (Å²) in [4.78, 5) is 7.05. The number of rotatable bonds is 8. The molecule has 5 nitrogen and oxygen atoms in total. The number of benzene rings is 1. The van der Waals surface area contributed by atoms with Crippen molar-refractivity contribution in [3.8, 4) is 5.75 Å². The van der Waals surface area contributed by atoms with Crippen molar-refractivity contribution < 1.29 is 9.47 Å². The Balaban J connectivity index is 0.00000280. The Morgan fingerprint density at radius 3 is 2.61 bits per heavy atom. The predicted molar refractivity (Wildman–Crippen MR) is 126 cm³/mol. The average Bonchev–Trinajstić information content (AvgIpc) is 3.36. The molecule has 28 heavy (non-hydrogen) atoms. The fourth-order valence-corrected chi connectivity index (χ4v) is 3.90. The van der Waals surface area contributed by atoms with E-state index in [2.05, 4.69) is 48.5 Å². The lowest BCUT2D eigenvalue weighted by Crippen LogP contribution is -2.41. The maximum atomic E-state index is 6.05. The Morgan fingerprint density at radius 1 is 1.21 bits per heavy atom. The molecule has 2 aliphatic rings. The SMILES string of the molecule is CCNC(=NCCc1ccc(OC2CCCC2)cc1)N(C)CC1CCOC1.I. The van der Waals surface area contributed by atoms with Gasteiger partial charge in [0.25, 0.3) is 0 Å². The first-order valence-electron chi connectivity index (χ1n) is 10.6. The smallest absolute Gasteiger partial charge is 0.193 e. The number of ether oxygens (including phenoxy) is 2. The summed E-state index contributed by atoms with van der Waals surface area (Å²) in [5.41, 5.74) is 1.31. The van der Waals surface area contributed by atoms with E-state index in [1.54, 1.807) is 0 Å². The second-order valence-corrected chi connectivity index (χ2v) is 7.76. The maximum Gasteiger partial charge on any atom is 0.193 e. The van der Waals surface area contributed by atoms with Crippen LogP contribution in [0.1, 0.15) is 44.6 Å². The van der Waals surface area contributed by atoms with Crippen molar-refractivity contribution in [1.82, 2.24) is 10.2 Å². The van der Waals surface area contributed by atoms with Crippen LogP contribution in [0.4, 0.5) is 0 Å². The highest BCUT2D eigenvalue weighted by Crippen LogP contribution is 2.24. The molecule has 1 aromatic carbocycles. The molecule has 158 valence electrons. The zero-order chi connectivity index (χ0) is 18.9. The van der Waals surface area contributed by atoms with Crippen molar-refractivity contribution in [2.75, 3.05) is 39.9 Å². The molecule has 0 bridgehead atoms. The number of hydrogen-bond donors (Lipinski definition) is 1. The second-order valence-electron chi connectivity index (χ2n) is 7.76. The summed E-state index contributed by atoms with van der Waals surface area (Å²) in [6, 6.07) is 8.56. The molecule has 0 radical (unpaired) electrons. The number of halogens is 1. The van der Waals surface area contributed by atoms with Gasteiger partial charge in [-0.2, -0.15) is 0 Å². The van der Waals surface area contributed by atoms with Gasteiger partial charge in [-0.3, -0.25) is 4.99 Å². The number of nitrogens with zero attached hydrogens (tertiary/aromatic N) is 2. The number of aliphatic imine (C=N–C) groups is 1. The molecule has 0 amide bonds. The van der Waals surface area contributed by atoms with Crippen molar-refractivity contribution >= 4 is 29.9 Å². The van der Waals surface area contributed by atoms with E-state index in [4.69, 9.17) is 14.5 Å². The number of nitrogens with one attached hydrogen (secondary N) is 1. The number of hydrogen-bond acceptors (Lipinski definition) is 3. The summed E-state index contributed by atoms with van der Waals surface area (Å²) in [5.74, 6) is 2.61. The Bertz CT molecular complexity index is 582. The summed E-state index contributed by atoms with van der Waals surface area (Å²) < 4.78 is 11.5. The van der Waals surface area contributed by atoms with Crippen LogP contribution in [0, 0.1) is 5.92 Å². The molecule has 2 fully saturated rings. The van der Waals surface area contributed by atoms with Crippen molar-refractivity contribution in [2.24, 2.45) is 10.9 Å². The molecule has 1 unspecified atom stereocenters. The minimum atomic E-state index is 0. The van der Waals surface area contributed by atoms with Crippen molar-refractivity contribution in [3.05, 3.63) is 29.8 Å². The quantitative estimate of drug-likeness (QED) is 0.331. The zero-order valence-corrected chi connectivity index (χ0v) is 19.7. The van der Waals surface area contributed by atoms with Gasteiger partial charge in [-0.25, -0.2) is 0 Å². The molecular weight excluding hydrogens is 465 g/mol. The molecule has 3 rings (SSSR count). The van der Waals surface area contributed by atoms with Gasteiger partial charge in [0.2, 0.25) is 0 Å². The largest absolute Gasteiger partial charge is 0.490 e. The summed E-state index contributed by atoms with van der Waals surface area (Å²) in [7, 11) is 2.12. The van der Waals surface area contributed by atoms with Crippen molar-refractivity contribution in [2.45, 2.75) is 51.6 Å². The third-order valence-corrected chi connectivity index (χ3v) is 5.44. The zero-order valence-electron chi connectivity index (χ0n) is 17.4. The second kappa shape index (κ2) is 12.5. The third-order valence-electron chi connectivity index (χ3n) is 5.44. The van der Waals surface area contributed by atoms with Crippen LogP contribution in [0.2, 0.25) is 0 Å². The molecule has 0 aromatic heterocycles. The fraction of sp³-hybridized carbons (Fsp3) is 0.682. The summed E-state index contributed by atoms with van der Waals surface area (Å²) >= 11 is 0. The Kier molecular flexibility index (Phi) is 10.4. The monoisotopic (exact) mass is 501 g/mol. The van der Waals surface area contributed by atoms with Gasteiger partial charge in [-0.15, -0.1) is 24.0 Å². The molecule has 1 saturated heterocycles. The van der Waals surface area contributed by atoms with Crippen LogP contribution in [-0.4, -0.2) is 56.9 Å². The molecule has 1 atom stereocenters. The van der Waals surface area contributed by atoms with Gasteiger partial charge in [0.05, 0.1) is 12.7 Å². The predicted octanol–water partition coefficient (Wildman–Crippen LogP) is 4.10. The van der Waals surface area contributed by atoms with Crippen LogP contribution in [-0.2, 0) is 11.2 Å². The summed E-state index contributed by atoms with van der Waals surface area (Å²) in [5, 5.41) is 3.41. The highest BCUT2D eigenvalue weighted by molar-refractivity contribution is 14.0. The Morgan fingerprint density at radius 2 is 1.96 bits per heavy atom. The van der Waals surface area contributed by atoms with Crippen LogP contribution in [0.3, 0.4) is 0 Å². The molecule has 1 heterocycles. The minimum Gasteiger partial charge on any atom is -0.490 e. The molecule has 1 aliphatic carbocycles. The van der Waals surface area contributed by atoms with Gasteiger partial charge in [-0.05, 0) is 63.1 Å². The van der Waals surface area contributed by atoms with Crippen molar-refractivity contribution in [3.63, 3.8) is 0 Å². The van der Waals surface area contributed by atoms with Gasteiger partial charge < -0.3 is 19.7 Å². The van der Waals surface area contributed by atoms with Gasteiger partial charge in [0.15, 0.2) is 5.96 Å². The van der Waals surface area contributed by atoms with E-state index in [0.29, 0.717) is 12.0 Å². The molecule has 1 aliphatic heterocycles. The van der Waals surface area contributed by atoms with E-state index >= 15 is 0 Å². The minimum absolute atomic E-state index is 0. The van der Waals surface area contributed by atoms with E-state index < -0.39 is 0 Å². The molecule has 1 saturated carbocycles. The van der Waals surface area contributed by atoms with Crippen LogP contribution < -0.4 is 10.1 Å². The summed E-state index contributed by atoms with van der Waals surface area (Å²) in [6.07, 6.45) is 7.52. The van der Waals surface area contributed by atoms with Gasteiger partial charge in [0, 0.05) is 39.2 Å². The van der Waals surface area contributed by atoms with Crippen molar-refractivity contribution in [1.29, 1.82) is 0 Å². The van der Waals surface area contributed by atoms with Gasteiger partial charge in [-0.1, -0.05) is 12.1 Å². The van der Waals surface area contributed by atoms with E-state index in [0.717, 1.165) is 57.4 Å². The van der Waals surface area contributed by atoms with Gasteiger partial charge >= 0.3 is 0 Å². The highest BCUT2D eigenvalue weighted by Gasteiger charge is 2.19. The lowest BCUT2D eigenvalue weighted by molar-refractivity contribution is 0.181. The molecule has 0 spiro atoms. The van der Waals surface area contributed by atoms with E-state index in [9.17, 15) is 0 Å². The normalized spacial score (nSPS) is 20.1. The third kappa shape index (κ3) is 7.43.